The van der Waals surface area contributed by atoms with E-state index < -0.39 is 5.97 Å². The number of amides is 1. The molecule has 0 spiro atoms. The molecule has 1 fully saturated rings. The summed E-state index contributed by atoms with van der Waals surface area (Å²) in [6.07, 6.45) is 3.78. The molecule has 1 saturated heterocycles. The molecule has 0 aromatic carbocycles. The Labute approximate surface area is 102 Å². The highest BCUT2D eigenvalue weighted by atomic mass is 16.4. The van der Waals surface area contributed by atoms with Crippen molar-refractivity contribution < 1.29 is 14.7 Å². The van der Waals surface area contributed by atoms with E-state index in [-0.39, 0.29) is 12.3 Å². The van der Waals surface area contributed by atoms with Crippen molar-refractivity contribution in [1.82, 2.24) is 10.2 Å². The lowest BCUT2D eigenvalue weighted by Crippen LogP contribution is -2.31. The van der Waals surface area contributed by atoms with Crippen LogP contribution < -0.4 is 5.32 Å². The second-order valence-corrected chi connectivity index (χ2v) is 4.69. The number of aliphatic carboxylic acids is 1. The highest BCUT2D eigenvalue weighted by molar-refractivity contribution is 5.76. The number of piperidine rings is 1. The van der Waals surface area contributed by atoms with Crippen molar-refractivity contribution >= 4 is 11.9 Å². The maximum absolute atomic E-state index is 11.7. The van der Waals surface area contributed by atoms with Crippen LogP contribution in [0.1, 0.15) is 32.1 Å². The van der Waals surface area contributed by atoms with Crippen LogP contribution in [-0.4, -0.2) is 48.6 Å². The van der Waals surface area contributed by atoms with E-state index in [0.29, 0.717) is 18.9 Å². The van der Waals surface area contributed by atoms with Gasteiger partial charge in [0.2, 0.25) is 5.91 Å². The van der Waals surface area contributed by atoms with Crippen LogP contribution in [0.3, 0.4) is 0 Å². The maximum atomic E-state index is 11.7. The van der Waals surface area contributed by atoms with Gasteiger partial charge in [-0.1, -0.05) is 0 Å². The number of nitrogens with zero attached hydrogens (tertiary/aromatic N) is 1. The maximum Gasteiger partial charge on any atom is 0.305 e. The predicted octanol–water partition coefficient (Wildman–Crippen LogP) is 0.699. The monoisotopic (exact) mass is 242 g/mol. The second kappa shape index (κ2) is 7.27. The number of nitrogens with one attached hydrogen (secondary N) is 1. The molecule has 5 nitrogen and oxygen atoms in total. The lowest BCUT2D eigenvalue weighted by Gasteiger charge is -2.23. The van der Waals surface area contributed by atoms with Crippen molar-refractivity contribution in [1.29, 1.82) is 0 Å². The SMILES string of the molecule is CN(CCC(=O)O)C(=O)CCC1CCNCC1. The van der Waals surface area contributed by atoms with E-state index in [2.05, 4.69) is 5.32 Å². The fourth-order valence-corrected chi connectivity index (χ4v) is 2.08. The molecule has 0 aliphatic carbocycles. The molecule has 1 rings (SSSR count). The fraction of sp³-hybridized carbons (Fsp3) is 0.833. The zero-order valence-electron chi connectivity index (χ0n) is 10.4. The summed E-state index contributed by atoms with van der Waals surface area (Å²) in [5, 5.41) is 11.8. The summed E-state index contributed by atoms with van der Waals surface area (Å²) in [5.74, 6) is -0.152. The van der Waals surface area contributed by atoms with Crippen LogP contribution in [0, 0.1) is 5.92 Å². The van der Waals surface area contributed by atoms with Crippen molar-refractivity contribution in [2.24, 2.45) is 5.92 Å². The molecule has 1 heterocycles. The second-order valence-electron chi connectivity index (χ2n) is 4.69. The largest absolute Gasteiger partial charge is 0.481 e. The number of carbonyl (C=O) groups is 2. The molecular weight excluding hydrogens is 220 g/mol. The third-order valence-corrected chi connectivity index (χ3v) is 3.31. The fourth-order valence-electron chi connectivity index (χ4n) is 2.08. The molecule has 0 saturated carbocycles. The molecular formula is C12H22N2O3. The Hall–Kier alpha value is -1.10. The van der Waals surface area contributed by atoms with Crippen LogP contribution in [-0.2, 0) is 9.59 Å². The van der Waals surface area contributed by atoms with Crippen LogP contribution in [0.15, 0.2) is 0 Å². The van der Waals surface area contributed by atoms with Gasteiger partial charge in [0.15, 0.2) is 0 Å². The number of hydrogen-bond acceptors (Lipinski definition) is 3. The van der Waals surface area contributed by atoms with Crippen molar-refractivity contribution in [2.45, 2.75) is 32.1 Å². The molecule has 17 heavy (non-hydrogen) atoms. The lowest BCUT2D eigenvalue weighted by molar-refractivity contribution is -0.138. The quantitative estimate of drug-likeness (QED) is 0.719. The third-order valence-electron chi connectivity index (χ3n) is 3.31. The first kappa shape index (κ1) is 14.0. The lowest BCUT2D eigenvalue weighted by atomic mass is 9.93. The molecule has 98 valence electrons. The number of carboxylic acid groups (broad SMARTS) is 1. The van der Waals surface area contributed by atoms with Gasteiger partial charge in [-0.3, -0.25) is 9.59 Å². The van der Waals surface area contributed by atoms with E-state index in [1.807, 2.05) is 0 Å². The van der Waals surface area contributed by atoms with Crippen molar-refractivity contribution in [2.75, 3.05) is 26.7 Å². The first-order valence-electron chi connectivity index (χ1n) is 6.26. The van der Waals surface area contributed by atoms with Gasteiger partial charge in [-0.25, -0.2) is 0 Å². The summed E-state index contributed by atoms with van der Waals surface area (Å²) in [6.45, 7) is 2.40. The van der Waals surface area contributed by atoms with Crippen LogP contribution >= 0.6 is 0 Å². The van der Waals surface area contributed by atoms with Gasteiger partial charge >= 0.3 is 5.97 Å². The zero-order chi connectivity index (χ0) is 12.7. The van der Waals surface area contributed by atoms with E-state index in [0.717, 1.165) is 32.4 Å². The summed E-state index contributed by atoms with van der Waals surface area (Å²) in [7, 11) is 1.67. The summed E-state index contributed by atoms with van der Waals surface area (Å²) in [5.41, 5.74) is 0. The van der Waals surface area contributed by atoms with Gasteiger partial charge in [0.1, 0.15) is 0 Å². The van der Waals surface area contributed by atoms with Crippen molar-refractivity contribution in [3.63, 3.8) is 0 Å². The normalized spacial score (nSPS) is 16.8. The minimum atomic E-state index is -0.858. The smallest absolute Gasteiger partial charge is 0.305 e. The van der Waals surface area contributed by atoms with Gasteiger partial charge in [0.05, 0.1) is 6.42 Å². The molecule has 0 aromatic heterocycles. The molecule has 5 heteroatoms. The Morgan fingerprint density at radius 2 is 1.94 bits per heavy atom. The molecule has 0 radical (unpaired) electrons. The highest BCUT2D eigenvalue weighted by Crippen LogP contribution is 2.18. The Kier molecular flexibility index (Phi) is 5.97. The van der Waals surface area contributed by atoms with E-state index in [1.165, 1.54) is 4.90 Å². The molecule has 0 unspecified atom stereocenters. The number of rotatable bonds is 6. The van der Waals surface area contributed by atoms with E-state index in [1.54, 1.807) is 7.05 Å². The summed E-state index contributed by atoms with van der Waals surface area (Å²) >= 11 is 0. The first-order chi connectivity index (χ1) is 8.09. The van der Waals surface area contributed by atoms with Crippen molar-refractivity contribution in [3.05, 3.63) is 0 Å². The summed E-state index contributed by atoms with van der Waals surface area (Å²) < 4.78 is 0. The van der Waals surface area contributed by atoms with Crippen LogP contribution in [0.25, 0.3) is 0 Å². The predicted molar refractivity (Wildman–Crippen MR) is 64.7 cm³/mol. The number of carboxylic acids is 1. The minimum absolute atomic E-state index is 0.0234. The highest BCUT2D eigenvalue weighted by Gasteiger charge is 2.16. The first-order valence-corrected chi connectivity index (χ1v) is 6.26. The van der Waals surface area contributed by atoms with Crippen LogP contribution in [0.5, 0.6) is 0 Å². The topological polar surface area (TPSA) is 69.6 Å². The van der Waals surface area contributed by atoms with E-state index in [4.69, 9.17) is 5.11 Å². The van der Waals surface area contributed by atoms with E-state index in [9.17, 15) is 9.59 Å². The Balaban J connectivity index is 2.16. The standard InChI is InChI=1S/C12H22N2O3/c1-14(9-6-12(16)17)11(15)3-2-10-4-7-13-8-5-10/h10,13H,2-9H2,1H3,(H,16,17). The number of hydrogen-bond donors (Lipinski definition) is 2. The van der Waals surface area contributed by atoms with Gasteiger partial charge in [-0.2, -0.15) is 0 Å². The Morgan fingerprint density at radius 1 is 1.29 bits per heavy atom. The molecule has 0 atom stereocenters. The van der Waals surface area contributed by atoms with Gasteiger partial charge in [0, 0.05) is 20.0 Å². The average molecular weight is 242 g/mol. The summed E-state index contributed by atoms with van der Waals surface area (Å²) in [4.78, 5) is 23.6. The Morgan fingerprint density at radius 3 is 2.53 bits per heavy atom. The van der Waals surface area contributed by atoms with Gasteiger partial charge in [0.25, 0.3) is 0 Å². The molecule has 0 aromatic rings. The molecule has 2 N–H and O–H groups in total. The minimum Gasteiger partial charge on any atom is -0.481 e. The zero-order valence-corrected chi connectivity index (χ0v) is 10.4. The molecule has 1 aliphatic heterocycles. The summed E-state index contributed by atoms with van der Waals surface area (Å²) in [6, 6.07) is 0. The van der Waals surface area contributed by atoms with Crippen LogP contribution in [0.2, 0.25) is 0 Å². The average Bonchev–Trinajstić information content (AvgIpc) is 2.34. The van der Waals surface area contributed by atoms with Gasteiger partial charge in [-0.15, -0.1) is 0 Å². The van der Waals surface area contributed by atoms with Crippen LogP contribution in [0.4, 0.5) is 0 Å². The Bertz CT molecular complexity index is 262. The third kappa shape index (κ3) is 5.68. The van der Waals surface area contributed by atoms with E-state index >= 15 is 0 Å². The number of carbonyl (C=O) groups excluding carboxylic acids is 1. The van der Waals surface area contributed by atoms with Gasteiger partial charge < -0.3 is 15.3 Å². The molecule has 1 amide bonds. The van der Waals surface area contributed by atoms with Gasteiger partial charge in [-0.05, 0) is 38.3 Å². The molecule has 0 bridgehead atoms. The van der Waals surface area contributed by atoms with Crippen molar-refractivity contribution in [3.8, 4) is 0 Å². The molecule has 1 aliphatic rings.